The molecule has 1 nitrogen and oxygen atoms in total. The highest BCUT2D eigenvalue weighted by Crippen LogP contribution is 2.23. The Hall–Kier alpha value is -0.700. The summed E-state index contributed by atoms with van der Waals surface area (Å²) in [5, 5.41) is 0. The summed E-state index contributed by atoms with van der Waals surface area (Å²) in [5.41, 5.74) is 0.172. The Morgan fingerprint density at radius 2 is 1.93 bits per heavy atom. The van der Waals surface area contributed by atoms with Crippen molar-refractivity contribution in [2.24, 2.45) is 11.8 Å². The molecule has 0 fully saturated rings. The van der Waals surface area contributed by atoms with Gasteiger partial charge in [0.2, 0.25) is 0 Å². The van der Waals surface area contributed by atoms with Gasteiger partial charge in [-0.1, -0.05) is 26.8 Å². The highest BCUT2D eigenvalue weighted by atomic mass is 79.9. The van der Waals surface area contributed by atoms with Gasteiger partial charge in [0.1, 0.15) is 5.82 Å². The smallest absolute Gasteiger partial charge is 0.168 e. The molecule has 0 aliphatic carbocycles. The van der Waals surface area contributed by atoms with E-state index < -0.39 is 5.82 Å². The van der Waals surface area contributed by atoms with Gasteiger partial charge < -0.3 is 0 Å². The first-order chi connectivity index (χ1) is 6.95. The minimum atomic E-state index is -0.463. The predicted molar refractivity (Wildman–Crippen MR) is 62.4 cm³/mol. The highest BCUT2D eigenvalue weighted by Gasteiger charge is 2.21. The summed E-state index contributed by atoms with van der Waals surface area (Å²) in [7, 11) is 0. The molecule has 0 saturated heterocycles. The van der Waals surface area contributed by atoms with E-state index in [1.54, 1.807) is 12.1 Å². The largest absolute Gasteiger partial charge is 0.294 e. The molecule has 1 unspecified atom stereocenters. The van der Waals surface area contributed by atoms with Crippen molar-refractivity contribution in [2.45, 2.75) is 20.8 Å². The summed E-state index contributed by atoms with van der Waals surface area (Å²) >= 11 is 3.07. The number of rotatable bonds is 3. The molecule has 0 N–H and O–H groups in total. The van der Waals surface area contributed by atoms with Crippen LogP contribution in [-0.4, -0.2) is 5.78 Å². The third-order valence-electron chi connectivity index (χ3n) is 2.63. The van der Waals surface area contributed by atoms with Gasteiger partial charge in [0.25, 0.3) is 0 Å². The van der Waals surface area contributed by atoms with E-state index in [4.69, 9.17) is 0 Å². The summed E-state index contributed by atoms with van der Waals surface area (Å²) in [4.78, 5) is 11.9. The Morgan fingerprint density at radius 1 is 1.33 bits per heavy atom. The molecule has 0 radical (unpaired) electrons. The number of hydrogen-bond donors (Lipinski definition) is 0. The molecular weight excluding hydrogens is 259 g/mol. The maximum Gasteiger partial charge on any atom is 0.168 e. The molecule has 15 heavy (non-hydrogen) atoms. The maximum absolute atomic E-state index is 13.6. The van der Waals surface area contributed by atoms with E-state index in [9.17, 15) is 9.18 Å². The normalized spacial score (nSPS) is 12.9. The number of carbonyl (C=O) groups excluding carboxylic acids is 1. The third kappa shape index (κ3) is 2.65. The summed E-state index contributed by atoms with van der Waals surface area (Å²) in [5.74, 6) is -0.538. The van der Waals surface area contributed by atoms with Gasteiger partial charge >= 0.3 is 0 Å². The number of benzene rings is 1. The number of ketones is 1. The summed E-state index contributed by atoms with van der Waals surface area (Å²) in [6.45, 7) is 5.74. The zero-order chi connectivity index (χ0) is 11.6. The lowest BCUT2D eigenvalue weighted by Crippen LogP contribution is -2.18. The van der Waals surface area contributed by atoms with Crippen molar-refractivity contribution in [2.75, 3.05) is 0 Å². The van der Waals surface area contributed by atoms with Gasteiger partial charge in [-0.25, -0.2) is 4.39 Å². The van der Waals surface area contributed by atoms with E-state index in [1.807, 2.05) is 20.8 Å². The van der Waals surface area contributed by atoms with Crippen LogP contribution in [0.3, 0.4) is 0 Å². The summed E-state index contributed by atoms with van der Waals surface area (Å²) in [6.07, 6.45) is 0. The first-order valence-corrected chi connectivity index (χ1v) is 5.72. The molecule has 0 aromatic heterocycles. The van der Waals surface area contributed by atoms with Gasteiger partial charge in [0.15, 0.2) is 5.78 Å². The average molecular weight is 273 g/mol. The molecule has 1 aromatic carbocycles. The Morgan fingerprint density at radius 3 is 2.47 bits per heavy atom. The van der Waals surface area contributed by atoms with Crippen molar-refractivity contribution < 1.29 is 9.18 Å². The van der Waals surface area contributed by atoms with E-state index >= 15 is 0 Å². The second-order valence-corrected chi connectivity index (χ2v) is 4.85. The van der Waals surface area contributed by atoms with Crippen LogP contribution in [0.5, 0.6) is 0 Å². The zero-order valence-corrected chi connectivity index (χ0v) is 10.6. The highest BCUT2D eigenvalue weighted by molar-refractivity contribution is 9.10. The first-order valence-electron chi connectivity index (χ1n) is 4.93. The monoisotopic (exact) mass is 272 g/mol. The van der Waals surface area contributed by atoms with Crippen molar-refractivity contribution in [3.05, 3.63) is 34.1 Å². The molecular formula is C12H14BrFO. The third-order valence-corrected chi connectivity index (χ3v) is 3.24. The van der Waals surface area contributed by atoms with Crippen LogP contribution in [0.1, 0.15) is 31.1 Å². The standard InChI is InChI=1S/C12H14BrFO/c1-7(2)8(3)12(15)9-5-4-6-10(13)11(9)14/h4-8H,1-3H3. The van der Waals surface area contributed by atoms with Crippen LogP contribution in [0.4, 0.5) is 4.39 Å². The van der Waals surface area contributed by atoms with E-state index in [0.717, 1.165) is 0 Å². The number of halogens is 2. The van der Waals surface area contributed by atoms with Gasteiger partial charge in [-0.2, -0.15) is 0 Å². The molecule has 0 saturated carbocycles. The SMILES string of the molecule is CC(C)C(C)C(=O)c1cccc(Br)c1F. The molecule has 0 amide bonds. The van der Waals surface area contributed by atoms with Crippen molar-refractivity contribution in [1.82, 2.24) is 0 Å². The number of hydrogen-bond acceptors (Lipinski definition) is 1. The zero-order valence-electron chi connectivity index (χ0n) is 9.05. The van der Waals surface area contributed by atoms with E-state index in [0.29, 0.717) is 4.47 Å². The molecule has 0 heterocycles. The Labute approximate surface area is 97.8 Å². The van der Waals surface area contributed by atoms with Gasteiger partial charge in [0, 0.05) is 5.92 Å². The Balaban J connectivity index is 3.07. The second kappa shape index (κ2) is 4.88. The van der Waals surface area contributed by atoms with E-state index in [-0.39, 0.29) is 23.2 Å². The Kier molecular flexibility index (Phi) is 4.03. The molecule has 0 aliphatic rings. The lowest BCUT2D eigenvalue weighted by atomic mass is 9.89. The van der Waals surface area contributed by atoms with Crippen LogP contribution < -0.4 is 0 Å². The van der Waals surface area contributed by atoms with Crippen molar-refractivity contribution in [3.63, 3.8) is 0 Å². The molecule has 82 valence electrons. The lowest BCUT2D eigenvalue weighted by molar-refractivity contribution is 0.0895. The van der Waals surface area contributed by atoms with Crippen molar-refractivity contribution >= 4 is 21.7 Å². The Bertz CT molecular complexity index is 374. The summed E-state index contributed by atoms with van der Waals surface area (Å²) in [6, 6.07) is 4.79. The molecule has 3 heteroatoms. The number of Topliss-reactive ketones (excluding diaryl/α,β-unsaturated/α-hetero) is 1. The fraction of sp³-hybridized carbons (Fsp3) is 0.417. The van der Waals surface area contributed by atoms with Crippen LogP contribution in [0.2, 0.25) is 0 Å². The molecule has 0 spiro atoms. The van der Waals surface area contributed by atoms with E-state index in [1.165, 1.54) is 6.07 Å². The van der Waals surface area contributed by atoms with Gasteiger partial charge in [-0.15, -0.1) is 0 Å². The number of carbonyl (C=O) groups is 1. The summed E-state index contributed by atoms with van der Waals surface area (Å²) < 4.78 is 13.9. The topological polar surface area (TPSA) is 17.1 Å². The first kappa shape index (κ1) is 12.4. The minimum absolute atomic E-state index is 0.135. The van der Waals surface area contributed by atoms with Crippen LogP contribution in [-0.2, 0) is 0 Å². The minimum Gasteiger partial charge on any atom is -0.294 e. The van der Waals surface area contributed by atoms with Crippen LogP contribution in [0.25, 0.3) is 0 Å². The van der Waals surface area contributed by atoms with E-state index in [2.05, 4.69) is 15.9 Å². The van der Waals surface area contributed by atoms with Gasteiger partial charge in [0.05, 0.1) is 10.0 Å². The molecule has 1 atom stereocenters. The second-order valence-electron chi connectivity index (χ2n) is 4.00. The quantitative estimate of drug-likeness (QED) is 0.759. The van der Waals surface area contributed by atoms with Gasteiger partial charge in [-0.3, -0.25) is 4.79 Å². The fourth-order valence-corrected chi connectivity index (χ4v) is 1.61. The van der Waals surface area contributed by atoms with Gasteiger partial charge in [-0.05, 0) is 34.0 Å². The maximum atomic E-state index is 13.6. The lowest BCUT2D eigenvalue weighted by Gasteiger charge is -2.14. The van der Waals surface area contributed by atoms with Crippen LogP contribution >= 0.6 is 15.9 Å². The molecule has 1 rings (SSSR count). The van der Waals surface area contributed by atoms with Crippen molar-refractivity contribution in [1.29, 1.82) is 0 Å². The molecule has 1 aromatic rings. The van der Waals surface area contributed by atoms with Crippen LogP contribution in [0, 0.1) is 17.7 Å². The molecule has 0 bridgehead atoms. The van der Waals surface area contributed by atoms with Crippen LogP contribution in [0.15, 0.2) is 22.7 Å². The average Bonchev–Trinajstić information content (AvgIpc) is 2.20. The van der Waals surface area contributed by atoms with Crippen molar-refractivity contribution in [3.8, 4) is 0 Å². The molecule has 0 aliphatic heterocycles. The fourth-order valence-electron chi connectivity index (χ4n) is 1.24. The predicted octanol–water partition coefficient (Wildman–Crippen LogP) is 4.06.